The molecule has 3 aliphatic carbocycles. The summed E-state index contributed by atoms with van der Waals surface area (Å²) in [5.74, 6) is 0.376. The van der Waals surface area contributed by atoms with Crippen LogP contribution >= 0.6 is 0 Å². The third-order valence-electron chi connectivity index (χ3n) is 8.31. The van der Waals surface area contributed by atoms with Gasteiger partial charge in [0.2, 0.25) is 0 Å². The van der Waals surface area contributed by atoms with Crippen molar-refractivity contribution in [2.75, 3.05) is 11.9 Å². The van der Waals surface area contributed by atoms with Gasteiger partial charge in [0, 0.05) is 68.6 Å². The molecule has 308 valence electrons. The molecule has 4 atom stereocenters. The molecule has 2 aliphatic heterocycles. The van der Waals surface area contributed by atoms with Gasteiger partial charge in [-0.2, -0.15) is 6.20 Å². The number of allylic oxidation sites excluding steroid dienone is 7. The molecule has 4 unspecified atom stereocenters. The normalized spacial score (nSPS) is 23.1. The topological polar surface area (TPSA) is 211 Å². The van der Waals surface area contributed by atoms with Crippen LogP contribution in [0.25, 0.3) is 10.6 Å². The second kappa shape index (κ2) is 33.7. The first-order chi connectivity index (χ1) is 25.0. The number of hydrogen-bond donors (Lipinski definition) is 6. The summed E-state index contributed by atoms with van der Waals surface area (Å²) in [4.78, 5) is 33.0. The van der Waals surface area contributed by atoms with E-state index >= 15 is 0 Å². The summed E-state index contributed by atoms with van der Waals surface area (Å²) in [6, 6.07) is 11.4. The number of aliphatic imine (C=N–C) groups is 1. The summed E-state index contributed by atoms with van der Waals surface area (Å²) in [7, 11) is 0. The molecule has 3 fully saturated rings. The summed E-state index contributed by atoms with van der Waals surface area (Å²) >= 11 is 0. The monoisotopic (exact) mass is 842 g/mol. The number of anilines is 1. The third kappa shape index (κ3) is 29.6. The Balaban J connectivity index is 0. The summed E-state index contributed by atoms with van der Waals surface area (Å²) in [6.45, 7) is 5.36. The van der Waals surface area contributed by atoms with Crippen LogP contribution in [0.1, 0.15) is 90.9 Å². The van der Waals surface area contributed by atoms with Crippen LogP contribution in [0.4, 0.5) is 5.69 Å². The van der Waals surface area contributed by atoms with Crippen molar-refractivity contribution in [3.05, 3.63) is 111 Å². The molecule has 2 heterocycles. The molecule has 0 aromatic heterocycles. The van der Waals surface area contributed by atoms with E-state index in [4.69, 9.17) is 30.6 Å². The summed E-state index contributed by atoms with van der Waals surface area (Å²) in [6.07, 6.45) is 33.6. The maximum Gasteiger partial charge on any atom is 0.472 e. The number of hydrogen-bond acceptors (Lipinski definition) is 6. The SMILES string of the molecule is CC1C=CC=C[N-]1.CC1CCCC[N-]1.O=C1C=CC=CC1=CNc1ccccc1.O=[N+](O)O.O=[N+](O)O.OC1CCCCC1C=NC1CCCCC1.[Ni].[Ni]. The fourth-order valence-electron chi connectivity index (χ4n) is 5.54. The van der Waals surface area contributed by atoms with E-state index in [1.54, 1.807) is 24.4 Å². The van der Waals surface area contributed by atoms with Gasteiger partial charge in [-0.1, -0.05) is 114 Å². The van der Waals surface area contributed by atoms with E-state index < -0.39 is 10.2 Å². The molecule has 0 spiro atoms. The number of benzene rings is 1. The molecule has 16 heteroatoms. The molecule has 0 amide bonds. The van der Waals surface area contributed by atoms with Gasteiger partial charge in [-0.15, -0.1) is 18.6 Å². The number of rotatable bonds is 4. The number of nitrogens with one attached hydrogen (secondary N) is 1. The zero-order chi connectivity index (χ0) is 38.4. The zero-order valence-electron chi connectivity index (χ0n) is 31.1. The second-order valence-corrected chi connectivity index (χ2v) is 12.7. The Morgan fingerprint density at radius 3 is 1.85 bits per heavy atom. The molecule has 1 saturated heterocycles. The first-order valence-corrected chi connectivity index (χ1v) is 18.0. The number of aliphatic hydroxyl groups is 1. The Labute approximate surface area is 339 Å². The number of aliphatic hydroxyl groups excluding tert-OH is 1. The number of carbonyl (C=O) groups is 1. The van der Waals surface area contributed by atoms with Crippen LogP contribution in [-0.4, -0.2) is 78.9 Å². The Morgan fingerprint density at radius 1 is 0.778 bits per heavy atom. The predicted molar refractivity (Wildman–Crippen MR) is 202 cm³/mol. The van der Waals surface area contributed by atoms with Crippen LogP contribution in [0, 0.1) is 15.7 Å². The predicted octanol–water partition coefficient (Wildman–Crippen LogP) is 8.47. The third-order valence-corrected chi connectivity index (χ3v) is 8.31. The van der Waals surface area contributed by atoms with Crippen molar-refractivity contribution in [3.63, 3.8) is 0 Å². The van der Waals surface area contributed by atoms with Crippen LogP contribution in [-0.2, 0) is 37.8 Å². The van der Waals surface area contributed by atoms with Gasteiger partial charge in [0.15, 0.2) is 5.78 Å². The summed E-state index contributed by atoms with van der Waals surface area (Å²) < 4.78 is 0. The van der Waals surface area contributed by atoms with E-state index in [9.17, 15) is 9.90 Å². The minimum atomic E-state index is -1.25. The first-order valence-electron chi connectivity index (χ1n) is 18.0. The molecular weight excluding hydrogens is 786 g/mol. The molecule has 5 aliphatic rings. The number of para-hydroxylation sites is 1. The molecule has 6 rings (SSSR count). The minimum Gasteiger partial charge on any atom is -0.685 e. The van der Waals surface area contributed by atoms with Gasteiger partial charge in [0.05, 0.1) is 6.10 Å². The maximum absolute atomic E-state index is 11.4. The van der Waals surface area contributed by atoms with Crippen molar-refractivity contribution < 1.29 is 73.9 Å². The van der Waals surface area contributed by atoms with Gasteiger partial charge >= 0.3 is 10.2 Å². The average Bonchev–Trinajstić information content (AvgIpc) is 3.13. The van der Waals surface area contributed by atoms with Gasteiger partial charge in [-0.3, -0.25) is 9.79 Å². The smallest absolute Gasteiger partial charge is 0.472 e. The van der Waals surface area contributed by atoms with E-state index in [0.29, 0.717) is 29.6 Å². The van der Waals surface area contributed by atoms with Gasteiger partial charge < -0.3 is 21.1 Å². The zero-order valence-corrected chi connectivity index (χ0v) is 33.0. The van der Waals surface area contributed by atoms with Crippen LogP contribution in [0.15, 0.2) is 95.8 Å². The first kappa shape index (κ1) is 52.3. The molecule has 2 saturated carbocycles. The van der Waals surface area contributed by atoms with Crippen LogP contribution in [0.2, 0.25) is 0 Å². The Morgan fingerprint density at radius 2 is 1.37 bits per heavy atom. The van der Waals surface area contributed by atoms with Crippen LogP contribution in [0.5, 0.6) is 0 Å². The Hall–Kier alpha value is -3.83. The quantitative estimate of drug-likeness (QED) is 0.0742. The molecule has 54 heavy (non-hydrogen) atoms. The van der Waals surface area contributed by atoms with Crippen molar-refractivity contribution in [1.29, 1.82) is 0 Å². The van der Waals surface area contributed by atoms with Crippen molar-refractivity contribution >= 4 is 17.7 Å². The van der Waals surface area contributed by atoms with E-state index in [-0.39, 0.29) is 44.9 Å². The van der Waals surface area contributed by atoms with Crippen molar-refractivity contribution in [2.45, 2.75) is 115 Å². The van der Waals surface area contributed by atoms with E-state index in [1.807, 2.05) is 54.8 Å². The number of piperidine rings is 1. The molecule has 6 N–H and O–H groups in total. The second-order valence-electron chi connectivity index (χ2n) is 12.7. The van der Waals surface area contributed by atoms with Gasteiger partial charge in [-0.05, 0) is 50.0 Å². The Kier molecular flexibility index (Phi) is 32.6. The van der Waals surface area contributed by atoms with Crippen molar-refractivity contribution in [1.82, 2.24) is 0 Å². The molecule has 0 radical (unpaired) electrons. The largest absolute Gasteiger partial charge is 0.685 e. The van der Waals surface area contributed by atoms with Crippen molar-refractivity contribution in [3.8, 4) is 0 Å². The number of carbonyl (C=O) groups excluding carboxylic acids is 1. The maximum atomic E-state index is 11.4. The summed E-state index contributed by atoms with van der Waals surface area (Å²) in [5, 5.41) is 46.3. The number of ketones is 1. The van der Waals surface area contributed by atoms with Gasteiger partial charge in [0.1, 0.15) is 9.81 Å². The average molecular weight is 844 g/mol. The van der Waals surface area contributed by atoms with Crippen LogP contribution in [0.3, 0.4) is 0 Å². The molecule has 0 bridgehead atoms. The molecule has 1 aromatic carbocycles. The standard InChI is InChI=1S/C13H23NO.C13H11NO.C6H12N.C6H8N.2H2NO3.2Ni/c2*15-13-9-5-4-6-11(13)10-14-12-7-2-1-3-8-12;2*1-6-4-2-3-5-7-6;2*2-1(3)4;;/h10-13,15H,1-9H2;1-10,14H;6H,2-5H2,1H3;2-6H,1H3;2*(H2,2,3,4);;/q;;2*-1;2*+1;;. The van der Waals surface area contributed by atoms with Crippen LogP contribution < -0.4 is 5.32 Å². The molecule has 14 nitrogen and oxygen atoms in total. The van der Waals surface area contributed by atoms with E-state index in [1.165, 1.54) is 64.2 Å². The van der Waals surface area contributed by atoms with E-state index in [0.717, 1.165) is 25.1 Å². The minimum absolute atomic E-state index is 0. The summed E-state index contributed by atoms with van der Waals surface area (Å²) in [5.41, 5.74) is 1.64. The fourth-order valence-corrected chi connectivity index (χ4v) is 5.54. The molecular formula is C38H58N6Ni2O8. The van der Waals surface area contributed by atoms with E-state index in [2.05, 4.69) is 47.1 Å². The van der Waals surface area contributed by atoms with Gasteiger partial charge in [0.25, 0.3) is 0 Å². The van der Waals surface area contributed by atoms with Crippen molar-refractivity contribution in [2.24, 2.45) is 10.9 Å². The molecule has 1 aromatic rings. The number of nitrogens with zero attached hydrogens (tertiary/aromatic N) is 5. The fraction of sp³-hybridized carbons (Fsp3) is 0.526. The van der Waals surface area contributed by atoms with Gasteiger partial charge in [-0.25, -0.2) is 20.8 Å². The Bertz CT molecular complexity index is 1310.